The van der Waals surface area contributed by atoms with Gasteiger partial charge >= 0.3 is 0 Å². The molecule has 0 atom stereocenters. The molecule has 0 aromatic heterocycles. The summed E-state index contributed by atoms with van der Waals surface area (Å²) in [5, 5.41) is 0. The number of halogens is 1. The molecule has 0 unspecified atom stereocenters. The molecule has 1 rings (SSSR count). The molecule has 0 heterocycles. The third-order valence-corrected chi connectivity index (χ3v) is 4.82. The molecule has 21 heavy (non-hydrogen) atoms. The monoisotopic (exact) mass is 315 g/mol. The standard InChI is InChI=1S/C18H34ClNO/c1-2-3-4-5-6-7-11-14-18(21)20(16-15-19)17-12-9-8-10-13-17/h17H,2-16H2,1H3. The summed E-state index contributed by atoms with van der Waals surface area (Å²) in [6.07, 6.45) is 15.8. The molecule has 1 amide bonds. The number of nitrogens with zero attached hydrogens (tertiary/aromatic N) is 1. The lowest BCUT2D eigenvalue weighted by molar-refractivity contribution is -0.134. The van der Waals surface area contributed by atoms with Gasteiger partial charge in [-0.25, -0.2) is 0 Å². The van der Waals surface area contributed by atoms with Crippen LogP contribution in [0.1, 0.15) is 90.4 Å². The molecule has 0 aromatic rings. The van der Waals surface area contributed by atoms with Crippen LogP contribution in [0, 0.1) is 0 Å². The Hall–Kier alpha value is -0.240. The maximum absolute atomic E-state index is 12.4. The molecule has 0 aromatic carbocycles. The van der Waals surface area contributed by atoms with Crippen molar-refractivity contribution in [3.63, 3.8) is 0 Å². The first kappa shape index (κ1) is 18.8. The lowest BCUT2D eigenvalue weighted by Crippen LogP contribution is -2.42. The Bertz CT molecular complexity index is 264. The van der Waals surface area contributed by atoms with Gasteiger partial charge in [0.25, 0.3) is 0 Å². The summed E-state index contributed by atoms with van der Waals surface area (Å²) in [6, 6.07) is 0.467. The summed E-state index contributed by atoms with van der Waals surface area (Å²) in [4.78, 5) is 14.5. The van der Waals surface area contributed by atoms with Gasteiger partial charge in [-0.15, -0.1) is 11.6 Å². The molecule has 0 aliphatic heterocycles. The second-order valence-electron chi connectivity index (χ2n) is 6.44. The maximum Gasteiger partial charge on any atom is 0.222 e. The quantitative estimate of drug-likeness (QED) is 0.363. The highest BCUT2D eigenvalue weighted by Crippen LogP contribution is 2.23. The van der Waals surface area contributed by atoms with Crippen molar-refractivity contribution >= 4 is 17.5 Å². The zero-order chi connectivity index (χ0) is 15.3. The number of hydrogen-bond acceptors (Lipinski definition) is 1. The number of alkyl halides is 1. The van der Waals surface area contributed by atoms with Gasteiger partial charge in [-0.05, 0) is 19.3 Å². The number of amides is 1. The number of carbonyl (C=O) groups is 1. The molecule has 0 bridgehead atoms. The first-order valence-corrected chi connectivity index (χ1v) is 9.68. The zero-order valence-corrected chi connectivity index (χ0v) is 14.7. The first-order chi connectivity index (χ1) is 10.3. The van der Waals surface area contributed by atoms with Crippen LogP contribution in [0.2, 0.25) is 0 Å². The molecule has 2 nitrogen and oxygen atoms in total. The highest BCUT2D eigenvalue weighted by molar-refractivity contribution is 6.18. The van der Waals surface area contributed by atoms with E-state index < -0.39 is 0 Å². The molecule has 0 spiro atoms. The van der Waals surface area contributed by atoms with Crippen LogP contribution in [0.15, 0.2) is 0 Å². The number of rotatable bonds is 11. The fraction of sp³-hybridized carbons (Fsp3) is 0.944. The van der Waals surface area contributed by atoms with E-state index in [9.17, 15) is 4.79 Å². The number of hydrogen-bond donors (Lipinski definition) is 0. The van der Waals surface area contributed by atoms with Gasteiger partial charge < -0.3 is 4.90 Å². The molecule has 1 fully saturated rings. The molecule has 1 saturated carbocycles. The third-order valence-electron chi connectivity index (χ3n) is 4.66. The smallest absolute Gasteiger partial charge is 0.222 e. The van der Waals surface area contributed by atoms with Gasteiger partial charge in [0.05, 0.1) is 0 Å². The van der Waals surface area contributed by atoms with Crippen LogP contribution >= 0.6 is 11.6 Å². The number of unbranched alkanes of at least 4 members (excludes halogenated alkanes) is 6. The van der Waals surface area contributed by atoms with E-state index in [1.165, 1.54) is 70.6 Å². The lowest BCUT2D eigenvalue weighted by Gasteiger charge is -2.34. The minimum atomic E-state index is 0.344. The topological polar surface area (TPSA) is 20.3 Å². The van der Waals surface area contributed by atoms with E-state index in [0.29, 0.717) is 17.8 Å². The van der Waals surface area contributed by atoms with Gasteiger partial charge in [0, 0.05) is 24.9 Å². The summed E-state index contributed by atoms with van der Waals surface area (Å²) in [5.41, 5.74) is 0. The van der Waals surface area contributed by atoms with Crippen LogP contribution in [0.25, 0.3) is 0 Å². The van der Waals surface area contributed by atoms with E-state index in [2.05, 4.69) is 11.8 Å². The molecule has 1 aliphatic carbocycles. The van der Waals surface area contributed by atoms with E-state index in [1.54, 1.807) is 0 Å². The van der Waals surface area contributed by atoms with Crippen LogP contribution in [-0.2, 0) is 4.79 Å². The van der Waals surface area contributed by atoms with Gasteiger partial charge in [0.15, 0.2) is 0 Å². The third kappa shape index (κ3) is 8.09. The maximum atomic E-state index is 12.4. The normalized spacial score (nSPS) is 16.1. The van der Waals surface area contributed by atoms with Crippen molar-refractivity contribution in [1.82, 2.24) is 4.90 Å². The van der Waals surface area contributed by atoms with Crippen LogP contribution in [0.5, 0.6) is 0 Å². The predicted octanol–water partition coefficient (Wildman–Crippen LogP) is 5.53. The SMILES string of the molecule is CCCCCCCCCC(=O)N(CCCl)C1CCCCC1. The highest BCUT2D eigenvalue weighted by Gasteiger charge is 2.24. The van der Waals surface area contributed by atoms with Gasteiger partial charge in [0.2, 0.25) is 5.91 Å². The second kappa shape index (κ2) is 12.3. The van der Waals surface area contributed by atoms with E-state index in [1.807, 2.05) is 0 Å². The van der Waals surface area contributed by atoms with E-state index in [0.717, 1.165) is 19.4 Å². The molecular weight excluding hydrogens is 282 g/mol. The zero-order valence-electron chi connectivity index (χ0n) is 13.9. The average molecular weight is 316 g/mol. The Morgan fingerprint density at radius 2 is 1.62 bits per heavy atom. The minimum absolute atomic E-state index is 0.344. The van der Waals surface area contributed by atoms with Crippen molar-refractivity contribution in [2.45, 2.75) is 96.4 Å². The van der Waals surface area contributed by atoms with Gasteiger partial charge in [0.1, 0.15) is 0 Å². The highest BCUT2D eigenvalue weighted by atomic mass is 35.5. The minimum Gasteiger partial charge on any atom is -0.339 e. The van der Waals surface area contributed by atoms with Crippen LogP contribution in [-0.4, -0.2) is 29.3 Å². The Labute approximate surface area is 136 Å². The van der Waals surface area contributed by atoms with Crippen molar-refractivity contribution < 1.29 is 4.79 Å². The summed E-state index contributed by atoms with van der Waals surface area (Å²) in [7, 11) is 0. The predicted molar refractivity (Wildman–Crippen MR) is 91.9 cm³/mol. The van der Waals surface area contributed by atoms with Gasteiger partial charge in [-0.3, -0.25) is 4.79 Å². The van der Waals surface area contributed by atoms with Crippen molar-refractivity contribution in [3.8, 4) is 0 Å². The summed E-state index contributed by atoms with van der Waals surface area (Å²) in [6.45, 7) is 2.98. The Morgan fingerprint density at radius 3 is 2.24 bits per heavy atom. The summed E-state index contributed by atoms with van der Waals surface area (Å²) >= 11 is 5.90. The van der Waals surface area contributed by atoms with Crippen molar-refractivity contribution in [1.29, 1.82) is 0 Å². The molecule has 0 saturated heterocycles. The van der Waals surface area contributed by atoms with Gasteiger partial charge in [-0.2, -0.15) is 0 Å². The van der Waals surface area contributed by atoms with Crippen molar-refractivity contribution in [2.75, 3.05) is 12.4 Å². The van der Waals surface area contributed by atoms with Crippen molar-refractivity contribution in [3.05, 3.63) is 0 Å². The first-order valence-electron chi connectivity index (χ1n) is 9.15. The molecule has 0 radical (unpaired) electrons. The fourth-order valence-corrected chi connectivity index (χ4v) is 3.55. The lowest BCUT2D eigenvalue weighted by atomic mass is 9.94. The molecule has 124 valence electrons. The average Bonchev–Trinajstić information content (AvgIpc) is 2.52. The molecular formula is C18H34ClNO. The Morgan fingerprint density at radius 1 is 1.00 bits per heavy atom. The van der Waals surface area contributed by atoms with Crippen LogP contribution in [0.4, 0.5) is 0 Å². The summed E-state index contributed by atoms with van der Waals surface area (Å²) in [5.74, 6) is 0.912. The fourth-order valence-electron chi connectivity index (χ4n) is 3.37. The van der Waals surface area contributed by atoms with Crippen LogP contribution < -0.4 is 0 Å². The molecule has 0 N–H and O–H groups in total. The van der Waals surface area contributed by atoms with Crippen molar-refractivity contribution in [2.24, 2.45) is 0 Å². The van der Waals surface area contributed by atoms with E-state index >= 15 is 0 Å². The molecule has 1 aliphatic rings. The van der Waals surface area contributed by atoms with Gasteiger partial charge in [-0.1, -0.05) is 64.7 Å². The van der Waals surface area contributed by atoms with E-state index in [-0.39, 0.29) is 0 Å². The number of carbonyl (C=O) groups excluding carboxylic acids is 1. The van der Waals surface area contributed by atoms with Crippen LogP contribution in [0.3, 0.4) is 0 Å². The second-order valence-corrected chi connectivity index (χ2v) is 6.82. The Balaban J connectivity index is 2.19. The van der Waals surface area contributed by atoms with E-state index in [4.69, 9.17) is 11.6 Å². The largest absolute Gasteiger partial charge is 0.339 e. The molecule has 3 heteroatoms. The summed E-state index contributed by atoms with van der Waals surface area (Å²) < 4.78 is 0. The Kier molecular flexibility index (Phi) is 11.0.